The highest BCUT2D eigenvalue weighted by Gasteiger charge is 2.49. The first-order chi connectivity index (χ1) is 10.9. The minimum atomic E-state index is -3.19. The summed E-state index contributed by atoms with van der Waals surface area (Å²) in [5.41, 5.74) is 1.17. The number of halogens is 1. The minimum Gasteiger partial charge on any atom is -0.395 e. The topological polar surface area (TPSA) is 60.9 Å². The van der Waals surface area contributed by atoms with Gasteiger partial charge in [-0.15, -0.1) is 0 Å². The zero-order valence-electron chi connectivity index (χ0n) is 13.2. The number of fused-ring (bicyclic) bond motifs is 1. The molecule has 0 saturated carbocycles. The molecule has 2 aliphatic rings. The fourth-order valence-corrected chi connectivity index (χ4v) is 5.04. The van der Waals surface area contributed by atoms with Gasteiger partial charge in [-0.1, -0.05) is 28.1 Å². The predicted octanol–water partition coefficient (Wildman–Crippen LogP) is 1.63. The summed E-state index contributed by atoms with van der Waals surface area (Å²) in [4.78, 5) is 2.28. The van der Waals surface area contributed by atoms with Crippen molar-refractivity contribution in [2.24, 2.45) is 0 Å². The molecule has 1 aromatic carbocycles. The average molecular weight is 403 g/mol. The van der Waals surface area contributed by atoms with Crippen molar-refractivity contribution in [1.29, 1.82) is 0 Å². The zero-order chi connectivity index (χ0) is 16.6. The normalized spacial score (nSPS) is 30.1. The molecule has 2 aliphatic heterocycles. The van der Waals surface area contributed by atoms with Gasteiger partial charge < -0.3 is 5.11 Å². The molecule has 2 saturated heterocycles. The van der Waals surface area contributed by atoms with Crippen LogP contribution in [0.3, 0.4) is 0 Å². The van der Waals surface area contributed by atoms with Gasteiger partial charge in [0.25, 0.3) is 0 Å². The predicted molar refractivity (Wildman–Crippen MR) is 93.9 cm³/mol. The number of hydrogen-bond donors (Lipinski definition) is 1. The molecule has 7 heteroatoms. The molecule has 23 heavy (non-hydrogen) atoms. The Hall–Kier alpha value is -0.470. The van der Waals surface area contributed by atoms with E-state index >= 15 is 0 Å². The Morgan fingerprint density at radius 2 is 1.87 bits per heavy atom. The largest absolute Gasteiger partial charge is 0.395 e. The van der Waals surface area contributed by atoms with Crippen molar-refractivity contribution in [2.45, 2.75) is 30.8 Å². The number of aliphatic hydroxyl groups excluding tert-OH is 1. The van der Waals surface area contributed by atoms with Crippen LogP contribution in [0.15, 0.2) is 28.7 Å². The fraction of sp³-hybridized carbons (Fsp3) is 0.625. The molecule has 1 N–H and O–H groups in total. The summed E-state index contributed by atoms with van der Waals surface area (Å²) in [5.74, 6) is 0.176. The third-order valence-electron chi connectivity index (χ3n) is 5.06. The van der Waals surface area contributed by atoms with Crippen molar-refractivity contribution in [3.05, 3.63) is 34.3 Å². The van der Waals surface area contributed by atoms with Crippen molar-refractivity contribution in [2.75, 3.05) is 32.5 Å². The van der Waals surface area contributed by atoms with Gasteiger partial charge in [0.15, 0.2) is 0 Å². The summed E-state index contributed by atoms with van der Waals surface area (Å²) in [7, 11) is -3.19. The molecule has 128 valence electrons. The molecule has 0 amide bonds. The van der Waals surface area contributed by atoms with Gasteiger partial charge in [-0.25, -0.2) is 12.7 Å². The molecule has 3 atom stereocenters. The molecular weight excluding hydrogens is 380 g/mol. The van der Waals surface area contributed by atoms with Gasteiger partial charge in [0.05, 0.1) is 12.9 Å². The first-order valence-electron chi connectivity index (χ1n) is 7.99. The highest BCUT2D eigenvalue weighted by Crippen LogP contribution is 2.42. The fourth-order valence-electron chi connectivity index (χ4n) is 3.89. The van der Waals surface area contributed by atoms with Gasteiger partial charge in [0.2, 0.25) is 10.0 Å². The minimum absolute atomic E-state index is 0.0840. The molecule has 1 aromatic rings. The van der Waals surface area contributed by atoms with E-state index in [9.17, 15) is 13.5 Å². The molecule has 0 radical (unpaired) electrons. The second kappa shape index (κ2) is 6.80. The van der Waals surface area contributed by atoms with E-state index in [1.165, 1.54) is 11.8 Å². The number of sulfonamides is 1. The van der Waals surface area contributed by atoms with Crippen LogP contribution in [0.5, 0.6) is 0 Å². The van der Waals surface area contributed by atoms with Crippen LogP contribution in [0.2, 0.25) is 0 Å². The van der Waals surface area contributed by atoms with Crippen molar-refractivity contribution in [3.63, 3.8) is 0 Å². The van der Waals surface area contributed by atoms with Crippen LogP contribution in [0.25, 0.3) is 0 Å². The highest BCUT2D eigenvalue weighted by atomic mass is 79.9. The molecule has 0 spiro atoms. The summed E-state index contributed by atoms with van der Waals surface area (Å²) in [5, 5.41) is 9.82. The molecule has 0 aromatic heterocycles. The van der Waals surface area contributed by atoms with Gasteiger partial charge in [-0.05, 0) is 37.1 Å². The number of rotatable bonds is 3. The summed E-state index contributed by atoms with van der Waals surface area (Å²) in [6.45, 7) is 2.15. The first kappa shape index (κ1) is 17.4. The van der Waals surface area contributed by atoms with Gasteiger partial charge >= 0.3 is 0 Å². The van der Waals surface area contributed by atoms with Crippen LogP contribution in [-0.2, 0) is 10.0 Å². The monoisotopic (exact) mass is 402 g/mol. The molecule has 0 unspecified atom stereocenters. The molecule has 2 heterocycles. The first-order valence-corrected chi connectivity index (χ1v) is 10.6. The van der Waals surface area contributed by atoms with E-state index in [0.717, 1.165) is 23.9 Å². The summed E-state index contributed by atoms with van der Waals surface area (Å²) in [6.07, 6.45) is 3.12. The maximum atomic E-state index is 12.0. The van der Waals surface area contributed by atoms with Crippen LogP contribution >= 0.6 is 15.9 Å². The lowest BCUT2D eigenvalue weighted by Crippen LogP contribution is -2.67. The number of nitrogens with zero attached hydrogens (tertiary/aromatic N) is 2. The Kier molecular flexibility index (Phi) is 5.13. The van der Waals surface area contributed by atoms with Gasteiger partial charge in [0, 0.05) is 35.6 Å². The highest BCUT2D eigenvalue weighted by molar-refractivity contribution is 9.10. The number of aliphatic hydroxyl groups is 1. The molecule has 0 bridgehead atoms. The average Bonchev–Trinajstić information content (AvgIpc) is 2.46. The maximum absolute atomic E-state index is 12.0. The Bertz CT molecular complexity index is 650. The number of benzene rings is 1. The van der Waals surface area contributed by atoms with E-state index < -0.39 is 10.0 Å². The van der Waals surface area contributed by atoms with E-state index in [1.807, 2.05) is 12.1 Å². The van der Waals surface area contributed by atoms with Crippen LogP contribution in [0.4, 0.5) is 0 Å². The lowest BCUT2D eigenvalue weighted by molar-refractivity contribution is -0.0553. The summed E-state index contributed by atoms with van der Waals surface area (Å²) < 4.78 is 26.7. The Morgan fingerprint density at radius 3 is 2.48 bits per heavy atom. The summed E-state index contributed by atoms with van der Waals surface area (Å²) in [6, 6.07) is 8.37. The smallest absolute Gasteiger partial charge is 0.211 e. The van der Waals surface area contributed by atoms with E-state index in [-0.39, 0.29) is 24.6 Å². The lowest BCUT2D eigenvalue weighted by atomic mass is 9.74. The van der Waals surface area contributed by atoms with Crippen molar-refractivity contribution in [3.8, 4) is 0 Å². The Morgan fingerprint density at radius 1 is 1.22 bits per heavy atom. The van der Waals surface area contributed by atoms with Crippen LogP contribution in [0, 0.1) is 0 Å². The zero-order valence-corrected chi connectivity index (χ0v) is 15.6. The molecule has 0 aliphatic carbocycles. The second-order valence-corrected chi connectivity index (χ2v) is 9.36. The van der Waals surface area contributed by atoms with Crippen LogP contribution < -0.4 is 0 Å². The molecular formula is C16H23BrN2O3S. The third kappa shape index (κ3) is 3.49. The van der Waals surface area contributed by atoms with Crippen LogP contribution in [0.1, 0.15) is 24.3 Å². The standard InChI is InChI=1S/C16H23BrN2O3S/c1-23(21,22)18-8-2-3-9-19-14(10-18)16(15(19)11-20)12-4-6-13(17)7-5-12/h4-7,14-16,20H,2-3,8-11H2,1H3/t14-,15+,16-/m0/s1. The maximum Gasteiger partial charge on any atom is 0.211 e. The Balaban J connectivity index is 1.88. The second-order valence-electron chi connectivity index (χ2n) is 6.46. The lowest BCUT2D eigenvalue weighted by Gasteiger charge is -2.57. The third-order valence-corrected chi connectivity index (χ3v) is 6.85. The van der Waals surface area contributed by atoms with E-state index in [0.29, 0.717) is 13.1 Å². The SMILES string of the molecule is CS(=O)(=O)N1CCCCN2[C@H](CO)[C@@H](c3ccc(Br)cc3)[C@@H]2C1. The van der Waals surface area contributed by atoms with Crippen molar-refractivity contribution in [1.82, 2.24) is 9.21 Å². The van der Waals surface area contributed by atoms with Gasteiger partial charge in [-0.2, -0.15) is 0 Å². The van der Waals surface area contributed by atoms with Crippen molar-refractivity contribution >= 4 is 26.0 Å². The van der Waals surface area contributed by atoms with E-state index in [1.54, 1.807) is 4.31 Å². The molecule has 5 nitrogen and oxygen atoms in total. The number of hydrogen-bond acceptors (Lipinski definition) is 4. The quantitative estimate of drug-likeness (QED) is 0.834. The van der Waals surface area contributed by atoms with E-state index in [4.69, 9.17) is 0 Å². The van der Waals surface area contributed by atoms with Crippen LogP contribution in [-0.4, -0.2) is 67.3 Å². The van der Waals surface area contributed by atoms with E-state index in [2.05, 4.69) is 33.0 Å². The van der Waals surface area contributed by atoms with Gasteiger partial charge in [0.1, 0.15) is 0 Å². The van der Waals surface area contributed by atoms with Gasteiger partial charge in [-0.3, -0.25) is 4.90 Å². The Labute approximate surface area is 146 Å². The van der Waals surface area contributed by atoms with Crippen molar-refractivity contribution < 1.29 is 13.5 Å². The summed E-state index contributed by atoms with van der Waals surface area (Å²) >= 11 is 3.45. The molecule has 3 rings (SSSR count). The molecule has 2 fully saturated rings.